The second-order valence-electron chi connectivity index (χ2n) is 6.35. The van der Waals surface area contributed by atoms with Gasteiger partial charge in [0.2, 0.25) is 0 Å². The summed E-state index contributed by atoms with van der Waals surface area (Å²) in [6.07, 6.45) is 4.51. The van der Waals surface area contributed by atoms with E-state index in [2.05, 4.69) is 58.4 Å². The summed E-state index contributed by atoms with van der Waals surface area (Å²) in [7, 11) is 1.81. The average molecular weight is 325 g/mol. The van der Waals surface area contributed by atoms with Crippen molar-refractivity contribution in [3.05, 3.63) is 47.3 Å². The molecule has 3 rings (SSSR count). The van der Waals surface area contributed by atoms with Gasteiger partial charge in [-0.1, -0.05) is 25.1 Å². The number of guanidine groups is 1. The number of benzene rings is 1. The Kier molecular flexibility index (Phi) is 5.18. The maximum Gasteiger partial charge on any atom is 0.191 e. The highest BCUT2D eigenvalue weighted by Crippen LogP contribution is 2.27. The first-order valence-corrected chi connectivity index (χ1v) is 8.85. The Balaban J connectivity index is 1.77. The first kappa shape index (κ1) is 16.6. The van der Waals surface area contributed by atoms with Crippen molar-refractivity contribution in [1.29, 1.82) is 0 Å². The number of aliphatic imine (C=N–C) groups is 1. The molecule has 2 N–H and O–H groups in total. The molecular weight excluding hydrogens is 298 g/mol. The van der Waals surface area contributed by atoms with Crippen LogP contribution >= 0.6 is 0 Å². The summed E-state index contributed by atoms with van der Waals surface area (Å²) in [4.78, 5) is 4.31. The summed E-state index contributed by atoms with van der Waals surface area (Å²) in [5.41, 5.74) is 5.05. The molecule has 1 aliphatic rings. The summed E-state index contributed by atoms with van der Waals surface area (Å²) in [6.45, 7) is 5.03. The molecule has 24 heavy (non-hydrogen) atoms. The number of hydrogen-bond donors (Lipinski definition) is 2. The molecule has 0 aliphatic heterocycles. The molecular formula is C19H27N5. The molecule has 0 spiro atoms. The highest BCUT2D eigenvalue weighted by atomic mass is 15.3. The Morgan fingerprint density at radius 2 is 2.08 bits per heavy atom. The van der Waals surface area contributed by atoms with Crippen LogP contribution in [0.4, 0.5) is 0 Å². The molecule has 5 nitrogen and oxygen atoms in total. The van der Waals surface area contributed by atoms with E-state index in [0.29, 0.717) is 12.6 Å². The van der Waals surface area contributed by atoms with Crippen LogP contribution in [0, 0.1) is 0 Å². The van der Waals surface area contributed by atoms with E-state index in [-0.39, 0.29) is 0 Å². The van der Waals surface area contributed by atoms with E-state index in [1.165, 1.54) is 17.7 Å². The quantitative estimate of drug-likeness (QED) is 0.656. The standard InChI is InChI=1S/C19H27N5/c1-4-14(2)22-19(20-3)21-13-17-16-11-8-12-18(16)24(23-17)15-9-6-5-7-10-15/h5-7,9-10,14H,4,8,11-13H2,1-3H3,(H2,20,21,22). The zero-order chi connectivity index (χ0) is 16.9. The second kappa shape index (κ2) is 7.51. The van der Waals surface area contributed by atoms with Crippen LogP contribution in [0.1, 0.15) is 43.6 Å². The van der Waals surface area contributed by atoms with Gasteiger partial charge in [0.15, 0.2) is 5.96 Å². The molecule has 0 radical (unpaired) electrons. The van der Waals surface area contributed by atoms with Crippen molar-refractivity contribution in [2.24, 2.45) is 4.99 Å². The molecule has 2 aromatic rings. The van der Waals surface area contributed by atoms with Gasteiger partial charge >= 0.3 is 0 Å². The molecule has 5 heteroatoms. The zero-order valence-electron chi connectivity index (χ0n) is 14.8. The lowest BCUT2D eigenvalue weighted by atomic mass is 10.2. The molecule has 1 aliphatic carbocycles. The number of nitrogens with zero attached hydrogens (tertiary/aromatic N) is 3. The van der Waals surface area contributed by atoms with Gasteiger partial charge in [0.1, 0.15) is 0 Å². The molecule has 0 saturated heterocycles. The largest absolute Gasteiger partial charge is 0.354 e. The summed E-state index contributed by atoms with van der Waals surface area (Å²) >= 11 is 0. The topological polar surface area (TPSA) is 54.2 Å². The number of fused-ring (bicyclic) bond motifs is 1. The van der Waals surface area contributed by atoms with Crippen LogP contribution in [0.15, 0.2) is 35.3 Å². The minimum atomic E-state index is 0.406. The Hall–Kier alpha value is -2.30. The monoisotopic (exact) mass is 325 g/mol. The lowest BCUT2D eigenvalue weighted by Crippen LogP contribution is -2.41. The SMILES string of the molecule is CCC(C)NC(=NC)NCc1nn(-c2ccccc2)c2c1CCC2. The Labute approximate surface area is 144 Å². The molecule has 1 aromatic heterocycles. The Bertz CT molecular complexity index is 702. The fraction of sp³-hybridized carbons (Fsp3) is 0.474. The molecule has 1 heterocycles. The van der Waals surface area contributed by atoms with Gasteiger partial charge in [-0.3, -0.25) is 4.99 Å². The first-order chi connectivity index (χ1) is 11.7. The van der Waals surface area contributed by atoms with E-state index in [0.717, 1.165) is 36.6 Å². The van der Waals surface area contributed by atoms with Crippen molar-refractivity contribution in [3.8, 4) is 5.69 Å². The number of para-hydroxylation sites is 1. The van der Waals surface area contributed by atoms with E-state index in [1.807, 2.05) is 13.1 Å². The zero-order valence-corrected chi connectivity index (χ0v) is 14.8. The molecule has 0 bridgehead atoms. The minimum absolute atomic E-state index is 0.406. The molecule has 1 aromatic carbocycles. The van der Waals surface area contributed by atoms with E-state index in [4.69, 9.17) is 5.10 Å². The summed E-state index contributed by atoms with van der Waals surface area (Å²) in [5.74, 6) is 0.838. The van der Waals surface area contributed by atoms with Crippen molar-refractivity contribution >= 4 is 5.96 Å². The van der Waals surface area contributed by atoms with Crippen LogP contribution in [0.2, 0.25) is 0 Å². The predicted octanol–water partition coefficient (Wildman–Crippen LogP) is 2.82. The number of rotatable bonds is 5. The van der Waals surface area contributed by atoms with Crippen LogP contribution in [0.3, 0.4) is 0 Å². The highest BCUT2D eigenvalue weighted by Gasteiger charge is 2.23. The lowest BCUT2D eigenvalue weighted by molar-refractivity contribution is 0.621. The normalized spacial score (nSPS) is 15.2. The van der Waals surface area contributed by atoms with Crippen LogP contribution < -0.4 is 10.6 Å². The Morgan fingerprint density at radius 3 is 2.79 bits per heavy atom. The van der Waals surface area contributed by atoms with Gasteiger partial charge in [-0.15, -0.1) is 0 Å². The molecule has 1 unspecified atom stereocenters. The van der Waals surface area contributed by atoms with Gasteiger partial charge in [0.05, 0.1) is 17.9 Å². The Morgan fingerprint density at radius 1 is 1.29 bits per heavy atom. The average Bonchev–Trinajstić information content (AvgIpc) is 3.22. The van der Waals surface area contributed by atoms with Crippen LogP contribution in [0.25, 0.3) is 5.69 Å². The third-order valence-electron chi connectivity index (χ3n) is 4.66. The van der Waals surface area contributed by atoms with Gasteiger partial charge in [0.25, 0.3) is 0 Å². The molecule has 0 saturated carbocycles. The fourth-order valence-electron chi connectivity index (χ4n) is 3.14. The smallest absolute Gasteiger partial charge is 0.191 e. The van der Waals surface area contributed by atoms with E-state index in [9.17, 15) is 0 Å². The highest BCUT2D eigenvalue weighted by molar-refractivity contribution is 5.79. The van der Waals surface area contributed by atoms with Crippen LogP contribution in [0.5, 0.6) is 0 Å². The van der Waals surface area contributed by atoms with Crippen molar-refractivity contribution in [1.82, 2.24) is 20.4 Å². The predicted molar refractivity (Wildman–Crippen MR) is 98.7 cm³/mol. The summed E-state index contributed by atoms with van der Waals surface area (Å²) in [6, 6.07) is 10.8. The number of nitrogens with one attached hydrogen (secondary N) is 2. The van der Waals surface area contributed by atoms with Gasteiger partial charge in [-0.05, 0) is 50.3 Å². The lowest BCUT2D eigenvalue weighted by Gasteiger charge is -2.16. The van der Waals surface area contributed by atoms with E-state index in [1.54, 1.807) is 0 Å². The molecule has 128 valence electrons. The molecule has 1 atom stereocenters. The second-order valence-corrected chi connectivity index (χ2v) is 6.35. The van der Waals surface area contributed by atoms with E-state index >= 15 is 0 Å². The van der Waals surface area contributed by atoms with Crippen molar-refractivity contribution in [2.45, 2.75) is 52.1 Å². The van der Waals surface area contributed by atoms with Crippen molar-refractivity contribution < 1.29 is 0 Å². The van der Waals surface area contributed by atoms with Crippen LogP contribution in [-0.4, -0.2) is 28.8 Å². The van der Waals surface area contributed by atoms with Crippen LogP contribution in [-0.2, 0) is 19.4 Å². The first-order valence-electron chi connectivity index (χ1n) is 8.85. The van der Waals surface area contributed by atoms with E-state index < -0.39 is 0 Å². The summed E-state index contributed by atoms with van der Waals surface area (Å²) < 4.78 is 2.12. The maximum atomic E-state index is 4.88. The van der Waals surface area contributed by atoms with Crippen molar-refractivity contribution in [2.75, 3.05) is 7.05 Å². The maximum absolute atomic E-state index is 4.88. The van der Waals surface area contributed by atoms with Gasteiger partial charge in [-0.2, -0.15) is 5.10 Å². The minimum Gasteiger partial charge on any atom is -0.354 e. The fourth-order valence-corrected chi connectivity index (χ4v) is 3.14. The van der Waals surface area contributed by atoms with Gasteiger partial charge < -0.3 is 10.6 Å². The molecule has 0 amide bonds. The third kappa shape index (κ3) is 3.45. The third-order valence-corrected chi connectivity index (χ3v) is 4.66. The summed E-state index contributed by atoms with van der Waals surface area (Å²) in [5, 5.41) is 11.7. The van der Waals surface area contributed by atoms with Crippen molar-refractivity contribution in [3.63, 3.8) is 0 Å². The number of hydrogen-bond acceptors (Lipinski definition) is 2. The molecule has 0 fully saturated rings. The van der Waals surface area contributed by atoms with Gasteiger partial charge in [0, 0.05) is 18.8 Å². The van der Waals surface area contributed by atoms with Gasteiger partial charge in [-0.25, -0.2) is 4.68 Å². The number of aromatic nitrogens is 2.